The van der Waals surface area contributed by atoms with Gasteiger partial charge in [-0.25, -0.2) is 17.8 Å². The van der Waals surface area contributed by atoms with Gasteiger partial charge in [-0.1, -0.05) is 0 Å². The molecule has 5 nitrogen and oxygen atoms in total. The lowest BCUT2D eigenvalue weighted by molar-refractivity contribution is 0.246. The Balaban J connectivity index is 2.35. The van der Waals surface area contributed by atoms with Crippen LogP contribution in [0, 0.1) is 5.82 Å². The van der Waals surface area contributed by atoms with Gasteiger partial charge in [0, 0.05) is 24.8 Å². The van der Waals surface area contributed by atoms with Gasteiger partial charge in [0.1, 0.15) is 0 Å². The molecule has 2 rings (SSSR count). The summed E-state index contributed by atoms with van der Waals surface area (Å²) in [5.74, 6) is -0.820. The second-order valence-corrected chi connectivity index (χ2v) is 6.35. The predicted octanol–water partition coefficient (Wildman–Crippen LogP) is 0.721. The van der Waals surface area contributed by atoms with Gasteiger partial charge in [0.25, 0.3) is 10.0 Å². The van der Waals surface area contributed by atoms with E-state index in [0.29, 0.717) is 19.4 Å². The highest BCUT2D eigenvalue weighted by Gasteiger charge is 2.35. The van der Waals surface area contributed by atoms with Crippen molar-refractivity contribution in [2.75, 3.05) is 6.54 Å². The molecule has 7 heteroatoms. The molecule has 2 unspecified atom stereocenters. The van der Waals surface area contributed by atoms with E-state index in [1.807, 2.05) is 0 Å². The highest BCUT2D eigenvalue weighted by molar-refractivity contribution is 7.89. The summed E-state index contributed by atoms with van der Waals surface area (Å²) < 4.78 is 39.4. The summed E-state index contributed by atoms with van der Waals surface area (Å²) in [4.78, 5) is 3.64. The van der Waals surface area contributed by atoms with Gasteiger partial charge in [0.05, 0.1) is 0 Å². The zero-order valence-corrected chi connectivity index (χ0v) is 10.9. The average Bonchev–Trinajstić information content (AvgIpc) is 2.28. The fourth-order valence-electron chi connectivity index (χ4n) is 2.22. The smallest absolute Gasteiger partial charge is 0.263 e. The number of halogens is 1. The van der Waals surface area contributed by atoms with Gasteiger partial charge in [-0.3, -0.25) is 0 Å². The highest BCUT2D eigenvalue weighted by Crippen LogP contribution is 2.24. The number of rotatable bonds is 2. The van der Waals surface area contributed by atoms with Crippen LogP contribution in [0.1, 0.15) is 19.8 Å². The van der Waals surface area contributed by atoms with Crippen LogP contribution in [0.2, 0.25) is 0 Å². The second kappa shape index (κ2) is 4.91. The summed E-state index contributed by atoms with van der Waals surface area (Å²) in [5.41, 5.74) is 5.79. The van der Waals surface area contributed by atoms with Gasteiger partial charge in [0.15, 0.2) is 5.82 Å². The molecule has 0 saturated carbocycles. The third kappa shape index (κ3) is 2.38. The number of nitrogens with two attached hydrogens (primary N) is 1. The van der Waals surface area contributed by atoms with Crippen LogP contribution in [0.3, 0.4) is 0 Å². The predicted molar refractivity (Wildman–Crippen MR) is 64.8 cm³/mol. The molecule has 2 atom stereocenters. The van der Waals surface area contributed by atoms with Crippen LogP contribution in [-0.4, -0.2) is 36.3 Å². The molecular weight excluding hydrogens is 257 g/mol. The van der Waals surface area contributed by atoms with Crippen molar-refractivity contribution in [2.45, 2.75) is 36.9 Å². The maximum absolute atomic E-state index is 13.6. The Labute approximate surface area is 106 Å². The van der Waals surface area contributed by atoms with Crippen LogP contribution in [-0.2, 0) is 10.0 Å². The molecule has 1 aliphatic rings. The van der Waals surface area contributed by atoms with E-state index in [2.05, 4.69) is 4.98 Å². The van der Waals surface area contributed by atoms with E-state index in [0.717, 1.165) is 6.07 Å². The molecule has 2 heterocycles. The summed E-state index contributed by atoms with van der Waals surface area (Å²) in [7, 11) is -3.87. The van der Waals surface area contributed by atoms with E-state index in [-0.39, 0.29) is 12.1 Å². The van der Waals surface area contributed by atoms with Gasteiger partial charge in [-0.2, -0.15) is 4.31 Å². The fraction of sp³-hybridized carbons (Fsp3) is 0.545. The Bertz CT molecular complexity index is 535. The van der Waals surface area contributed by atoms with E-state index in [1.54, 1.807) is 6.92 Å². The zero-order chi connectivity index (χ0) is 13.3. The molecule has 1 fully saturated rings. The minimum atomic E-state index is -3.87. The van der Waals surface area contributed by atoms with Crippen molar-refractivity contribution in [3.05, 3.63) is 24.1 Å². The van der Waals surface area contributed by atoms with Crippen molar-refractivity contribution in [1.82, 2.24) is 9.29 Å². The zero-order valence-electron chi connectivity index (χ0n) is 10.1. The molecule has 0 spiro atoms. The Morgan fingerprint density at radius 3 is 2.89 bits per heavy atom. The Kier molecular flexibility index (Phi) is 3.65. The lowest BCUT2D eigenvalue weighted by atomic mass is 10.0. The molecule has 100 valence electrons. The SMILES string of the molecule is CC1CC(N)CCN1S(=O)(=O)c1ncccc1F. The maximum atomic E-state index is 13.6. The third-order valence-corrected chi connectivity index (χ3v) is 5.08. The molecule has 1 saturated heterocycles. The first-order chi connectivity index (χ1) is 8.43. The minimum Gasteiger partial charge on any atom is -0.328 e. The van der Waals surface area contributed by atoms with E-state index >= 15 is 0 Å². The average molecular weight is 273 g/mol. The van der Waals surface area contributed by atoms with Gasteiger partial charge in [-0.15, -0.1) is 0 Å². The van der Waals surface area contributed by atoms with Crippen LogP contribution in [0.4, 0.5) is 4.39 Å². The van der Waals surface area contributed by atoms with Crippen LogP contribution in [0.15, 0.2) is 23.4 Å². The van der Waals surface area contributed by atoms with Crippen molar-refractivity contribution in [1.29, 1.82) is 0 Å². The van der Waals surface area contributed by atoms with Crippen molar-refractivity contribution >= 4 is 10.0 Å². The number of hydrogen-bond donors (Lipinski definition) is 1. The molecule has 0 aromatic carbocycles. The summed E-state index contributed by atoms with van der Waals surface area (Å²) in [6.45, 7) is 2.08. The number of piperidine rings is 1. The van der Waals surface area contributed by atoms with Crippen LogP contribution in [0.25, 0.3) is 0 Å². The Morgan fingerprint density at radius 2 is 2.28 bits per heavy atom. The monoisotopic (exact) mass is 273 g/mol. The van der Waals surface area contributed by atoms with E-state index < -0.39 is 20.9 Å². The third-order valence-electron chi connectivity index (χ3n) is 3.13. The lowest BCUT2D eigenvalue weighted by Crippen LogP contribution is -2.48. The first-order valence-electron chi connectivity index (χ1n) is 5.81. The largest absolute Gasteiger partial charge is 0.328 e. The van der Waals surface area contributed by atoms with E-state index in [9.17, 15) is 12.8 Å². The Hall–Kier alpha value is -1.05. The van der Waals surface area contributed by atoms with Crippen LogP contribution >= 0.6 is 0 Å². The van der Waals surface area contributed by atoms with Crippen molar-refractivity contribution in [3.63, 3.8) is 0 Å². The molecule has 18 heavy (non-hydrogen) atoms. The van der Waals surface area contributed by atoms with Crippen LogP contribution in [0.5, 0.6) is 0 Å². The molecule has 2 N–H and O–H groups in total. The molecule has 0 amide bonds. The summed E-state index contributed by atoms with van der Waals surface area (Å²) in [6, 6.07) is 2.23. The molecule has 0 radical (unpaired) electrons. The summed E-state index contributed by atoms with van der Waals surface area (Å²) in [5, 5.41) is -0.507. The van der Waals surface area contributed by atoms with E-state index in [1.165, 1.54) is 16.6 Å². The normalized spacial score (nSPS) is 26.2. The number of pyridine rings is 1. The maximum Gasteiger partial charge on any atom is 0.263 e. The quantitative estimate of drug-likeness (QED) is 0.861. The van der Waals surface area contributed by atoms with Crippen molar-refractivity contribution in [3.8, 4) is 0 Å². The van der Waals surface area contributed by atoms with Crippen molar-refractivity contribution < 1.29 is 12.8 Å². The number of hydrogen-bond acceptors (Lipinski definition) is 4. The van der Waals surface area contributed by atoms with Gasteiger partial charge in [0.2, 0.25) is 5.03 Å². The standard InChI is InChI=1S/C11H16FN3O2S/c1-8-7-9(13)4-6-15(8)18(16,17)11-10(12)3-2-5-14-11/h2-3,5,8-9H,4,6-7,13H2,1H3. The van der Waals surface area contributed by atoms with Gasteiger partial charge in [-0.05, 0) is 31.9 Å². The van der Waals surface area contributed by atoms with Crippen molar-refractivity contribution in [2.24, 2.45) is 5.73 Å². The number of nitrogens with zero attached hydrogens (tertiary/aromatic N) is 2. The molecule has 0 aliphatic carbocycles. The topological polar surface area (TPSA) is 76.3 Å². The highest BCUT2D eigenvalue weighted by atomic mass is 32.2. The fourth-order valence-corrected chi connectivity index (χ4v) is 3.85. The first-order valence-corrected chi connectivity index (χ1v) is 7.25. The summed E-state index contributed by atoms with van der Waals surface area (Å²) in [6.07, 6.45) is 2.43. The molecule has 1 aromatic heterocycles. The Morgan fingerprint density at radius 1 is 1.56 bits per heavy atom. The lowest BCUT2D eigenvalue weighted by Gasteiger charge is -2.34. The van der Waals surface area contributed by atoms with Gasteiger partial charge >= 0.3 is 0 Å². The number of sulfonamides is 1. The minimum absolute atomic E-state index is 0.0000273. The van der Waals surface area contributed by atoms with Gasteiger partial charge < -0.3 is 5.73 Å². The number of aromatic nitrogens is 1. The molecule has 1 aliphatic heterocycles. The molecule has 1 aromatic rings. The summed E-state index contributed by atoms with van der Waals surface area (Å²) >= 11 is 0. The molecular formula is C11H16FN3O2S. The second-order valence-electron chi connectivity index (χ2n) is 4.54. The van der Waals surface area contributed by atoms with E-state index in [4.69, 9.17) is 5.73 Å². The molecule has 0 bridgehead atoms. The van der Waals surface area contributed by atoms with Crippen LogP contribution < -0.4 is 5.73 Å². The first kappa shape index (κ1) is 13.4.